The van der Waals surface area contributed by atoms with Gasteiger partial charge in [-0.3, -0.25) is 9.59 Å². The van der Waals surface area contributed by atoms with Crippen molar-refractivity contribution in [3.63, 3.8) is 0 Å². The molecule has 28 heavy (non-hydrogen) atoms. The van der Waals surface area contributed by atoms with Crippen LogP contribution in [0.25, 0.3) is 5.69 Å². The first kappa shape index (κ1) is 20.0. The number of hydrogen-bond acceptors (Lipinski definition) is 3. The Hall–Kier alpha value is -2.70. The third-order valence-electron chi connectivity index (χ3n) is 5.53. The predicted molar refractivity (Wildman–Crippen MR) is 103 cm³/mol. The first-order chi connectivity index (χ1) is 13.4. The number of halogens is 1. The molecule has 3 rings (SSSR count). The summed E-state index contributed by atoms with van der Waals surface area (Å²) in [5.41, 5.74) is 3.08. The zero-order chi connectivity index (χ0) is 20.3. The van der Waals surface area contributed by atoms with Gasteiger partial charge < -0.3 is 10.4 Å². The summed E-state index contributed by atoms with van der Waals surface area (Å²) >= 11 is 0. The Morgan fingerprint density at radius 2 is 1.86 bits per heavy atom. The second-order valence-corrected chi connectivity index (χ2v) is 7.47. The number of benzene rings is 1. The molecule has 1 saturated carbocycles. The van der Waals surface area contributed by atoms with E-state index in [1.807, 2.05) is 13.8 Å². The minimum atomic E-state index is -0.844. The van der Waals surface area contributed by atoms with E-state index in [0.717, 1.165) is 41.9 Å². The van der Waals surface area contributed by atoms with Gasteiger partial charge in [0.25, 0.3) is 0 Å². The summed E-state index contributed by atoms with van der Waals surface area (Å²) in [7, 11) is 0. The van der Waals surface area contributed by atoms with Crippen molar-refractivity contribution < 1.29 is 19.1 Å². The van der Waals surface area contributed by atoms with E-state index in [9.17, 15) is 19.1 Å². The molecule has 1 aliphatic carbocycles. The molecule has 1 fully saturated rings. The summed E-state index contributed by atoms with van der Waals surface area (Å²) in [6.45, 7) is 3.71. The molecule has 2 aromatic rings. The summed E-state index contributed by atoms with van der Waals surface area (Å²) in [5, 5.41) is 16.9. The van der Waals surface area contributed by atoms with Gasteiger partial charge in [0, 0.05) is 17.3 Å². The largest absolute Gasteiger partial charge is 0.481 e. The summed E-state index contributed by atoms with van der Waals surface area (Å²) in [6, 6.07) is 5.69. The van der Waals surface area contributed by atoms with Crippen LogP contribution in [0.4, 0.5) is 4.39 Å². The van der Waals surface area contributed by atoms with Crippen LogP contribution in [0.15, 0.2) is 24.3 Å². The highest BCUT2D eigenvalue weighted by atomic mass is 19.1. The maximum absolute atomic E-state index is 13.2. The highest BCUT2D eigenvalue weighted by Crippen LogP contribution is 2.24. The molecule has 0 unspecified atom stereocenters. The maximum atomic E-state index is 13.2. The standard InChI is InChI=1S/C21H26FN3O3/c1-13-18(14(2)25(24-13)16-10-8-15(22)9-11-16)12-20(26)23-19-7-5-3-4-6-17(19)21(27)28/h8-11,17,19H,3-7,12H2,1-2H3,(H,23,26)(H,27,28)/t17-,19+/m1/s1. The summed E-state index contributed by atoms with van der Waals surface area (Å²) < 4.78 is 14.9. The second-order valence-electron chi connectivity index (χ2n) is 7.47. The number of amides is 1. The van der Waals surface area contributed by atoms with E-state index in [-0.39, 0.29) is 24.2 Å². The average Bonchev–Trinajstić information content (AvgIpc) is 2.82. The van der Waals surface area contributed by atoms with E-state index >= 15 is 0 Å². The van der Waals surface area contributed by atoms with Gasteiger partial charge in [0.05, 0.1) is 23.7 Å². The predicted octanol–water partition coefficient (Wildman–Crippen LogP) is 3.32. The summed E-state index contributed by atoms with van der Waals surface area (Å²) in [5.74, 6) is -1.89. The lowest BCUT2D eigenvalue weighted by atomic mass is 9.94. The van der Waals surface area contributed by atoms with Crippen LogP contribution >= 0.6 is 0 Å². The monoisotopic (exact) mass is 387 g/mol. The quantitative estimate of drug-likeness (QED) is 0.771. The molecule has 0 radical (unpaired) electrons. The average molecular weight is 387 g/mol. The van der Waals surface area contributed by atoms with Crippen LogP contribution in [0.5, 0.6) is 0 Å². The van der Waals surface area contributed by atoms with E-state index in [1.54, 1.807) is 16.8 Å². The Balaban J connectivity index is 1.75. The van der Waals surface area contributed by atoms with Crippen LogP contribution in [0.3, 0.4) is 0 Å². The number of rotatable bonds is 5. The van der Waals surface area contributed by atoms with Crippen LogP contribution in [0.2, 0.25) is 0 Å². The minimum Gasteiger partial charge on any atom is -0.481 e. The maximum Gasteiger partial charge on any atom is 0.308 e. The number of aliphatic carboxylic acids is 1. The first-order valence-corrected chi connectivity index (χ1v) is 9.70. The number of nitrogens with one attached hydrogen (secondary N) is 1. The van der Waals surface area contributed by atoms with Gasteiger partial charge in [-0.15, -0.1) is 0 Å². The Morgan fingerprint density at radius 1 is 1.18 bits per heavy atom. The van der Waals surface area contributed by atoms with Crippen molar-refractivity contribution in [2.75, 3.05) is 0 Å². The van der Waals surface area contributed by atoms with Crippen molar-refractivity contribution in [1.82, 2.24) is 15.1 Å². The number of nitrogens with zero attached hydrogens (tertiary/aromatic N) is 2. The summed E-state index contributed by atoms with van der Waals surface area (Å²) in [6.07, 6.45) is 4.23. The number of hydrogen-bond donors (Lipinski definition) is 2. The molecule has 1 aromatic heterocycles. The van der Waals surface area contributed by atoms with Crippen molar-refractivity contribution in [2.24, 2.45) is 5.92 Å². The van der Waals surface area contributed by atoms with Crippen LogP contribution in [-0.4, -0.2) is 32.8 Å². The fourth-order valence-electron chi connectivity index (χ4n) is 3.96. The molecule has 1 aliphatic rings. The summed E-state index contributed by atoms with van der Waals surface area (Å²) in [4.78, 5) is 24.2. The zero-order valence-electron chi connectivity index (χ0n) is 16.2. The van der Waals surface area contributed by atoms with Crippen molar-refractivity contribution in [3.05, 3.63) is 47.0 Å². The molecule has 6 nitrogen and oxygen atoms in total. The normalized spacial score (nSPS) is 19.8. The minimum absolute atomic E-state index is 0.141. The molecule has 0 saturated heterocycles. The van der Waals surface area contributed by atoms with Gasteiger partial charge in [-0.25, -0.2) is 9.07 Å². The van der Waals surface area contributed by atoms with Crippen LogP contribution in [0.1, 0.15) is 49.1 Å². The molecular formula is C21H26FN3O3. The Bertz CT molecular complexity index is 861. The van der Waals surface area contributed by atoms with Crippen molar-refractivity contribution >= 4 is 11.9 Å². The fourth-order valence-corrected chi connectivity index (χ4v) is 3.96. The van der Waals surface area contributed by atoms with Gasteiger partial charge in [-0.05, 0) is 51.0 Å². The van der Waals surface area contributed by atoms with Crippen LogP contribution in [0, 0.1) is 25.6 Å². The highest BCUT2D eigenvalue weighted by Gasteiger charge is 2.31. The van der Waals surface area contributed by atoms with E-state index in [4.69, 9.17) is 0 Å². The molecule has 0 bridgehead atoms. The number of aryl methyl sites for hydroxylation is 1. The zero-order valence-corrected chi connectivity index (χ0v) is 16.2. The molecule has 7 heteroatoms. The third kappa shape index (κ3) is 4.40. The lowest BCUT2D eigenvalue weighted by Gasteiger charge is -2.23. The van der Waals surface area contributed by atoms with Crippen LogP contribution in [-0.2, 0) is 16.0 Å². The molecule has 1 aromatic carbocycles. The number of carbonyl (C=O) groups excluding carboxylic acids is 1. The Morgan fingerprint density at radius 3 is 2.54 bits per heavy atom. The SMILES string of the molecule is Cc1nn(-c2ccc(F)cc2)c(C)c1CC(=O)N[C@H]1CCCCC[C@H]1C(=O)O. The van der Waals surface area contributed by atoms with E-state index in [2.05, 4.69) is 10.4 Å². The van der Waals surface area contributed by atoms with Crippen molar-refractivity contribution in [3.8, 4) is 5.69 Å². The lowest BCUT2D eigenvalue weighted by Crippen LogP contribution is -2.43. The smallest absolute Gasteiger partial charge is 0.308 e. The number of carboxylic acids is 1. The molecule has 0 aliphatic heterocycles. The van der Waals surface area contributed by atoms with Crippen molar-refractivity contribution in [2.45, 2.75) is 58.4 Å². The molecule has 2 atom stereocenters. The topological polar surface area (TPSA) is 84.2 Å². The van der Waals surface area contributed by atoms with E-state index in [1.165, 1.54) is 12.1 Å². The number of aromatic nitrogens is 2. The molecule has 2 N–H and O–H groups in total. The van der Waals surface area contributed by atoms with Gasteiger partial charge >= 0.3 is 5.97 Å². The van der Waals surface area contributed by atoms with Gasteiger partial charge in [0.2, 0.25) is 5.91 Å². The fraction of sp³-hybridized carbons (Fsp3) is 0.476. The molecule has 150 valence electrons. The molecule has 1 heterocycles. The first-order valence-electron chi connectivity index (χ1n) is 9.70. The Labute approximate surface area is 163 Å². The highest BCUT2D eigenvalue weighted by molar-refractivity contribution is 5.80. The number of carboxylic acid groups (broad SMARTS) is 1. The van der Waals surface area contributed by atoms with E-state index in [0.29, 0.717) is 12.8 Å². The van der Waals surface area contributed by atoms with E-state index < -0.39 is 11.9 Å². The molecule has 1 amide bonds. The van der Waals surface area contributed by atoms with Crippen LogP contribution < -0.4 is 5.32 Å². The van der Waals surface area contributed by atoms with Crippen molar-refractivity contribution in [1.29, 1.82) is 0 Å². The number of carbonyl (C=O) groups is 2. The third-order valence-corrected chi connectivity index (χ3v) is 5.53. The van der Waals surface area contributed by atoms with Gasteiger partial charge in [-0.2, -0.15) is 5.10 Å². The van der Waals surface area contributed by atoms with Gasteiger partial charge in [0.15, 0.2) is 0 Å². The lowest BCUT2D eigenvalue weighted by molar-refractivity contribution is -0.143. The second kappa shape index (κ2) is 8.54. The van der Waals surface area contributed by atoms with Gasteiger partial charge in [-0.1, -0.05) is 19.3 Å². The molecular weight excluding hydrogens is 361 g/mol. The Kier molecular flexibility index (Phi) is 6.11. The molecule has 0 spiro atoms. The van der Waals surface area contributed by atoms with Gasteiger partial charge in [0.1, 0.15) is 5.82 Å².